The monoisotopic (exact) mass is 450 g/mol. The van der Waals surface area contributed by atoms with Crippen molar-refractivity contribution in [2.24, 2.45) is 5.92 Å². The van der Waals surface area contributed by atoms with Gasteiger partial charge >= 0.3 is 0 Å². The van der Waals surface area contributed by atoms with E-state index in [-0.39, 0.29) is 5.91 Å². The summed E-state index contributed by atoms with van der Waals surface area (Å²) in [4.78, 5) is 19.2. The molecule has 1 atom stereocenters. The standard InChI is InChI=1S/C24H26N4O3S/c1-5-30-20-13-9-7-11-18(20)23-28(16(4)29)19-12-8-6-10-17(19)21-22(31-23)25-24(27-26-21)32-14-15(2)3/h6-13,15,23H,5,14H2,1-4H3/t23-/m1/s1. The Morgan fingerprint density at radius 1 is 1.16 bits per heavy atom. The number of aromatic nitrogens is 3. The number of nitrogens with zero attached hydrogens (tertiary/aromatic N) is 4. The first-order valence-electron chi connectivity index (χ1n) is 10.6. The third-order valence-electron chi connectivity index (χ3n) is 4.88. The highest BCUT2D eigenvalue weighted by molar-refractivity contribution is 7.99. The van der Waals surface area contributed by atoms with Crippen LogP contribution in [0.4, 0.5) is 5.69 Å². The van der Waals surface area contributed by atoms with Gasteiger partial charge in [0.1, 0.15) is 5.75 Å². The van der Waals surface area contributed by atoms with E-state index in [0.717, 1.165) is 16.9 Å². The Labute approximate surface area is 192 Å². The number of anilines is 1. The number of hydrogen-bond acceptors (Lipinski definition) is 7. The van der Waals surface area contributed by atoms with E-state index in [1.165, 1.54) is 18.7 Å². The number of amides is 1. The molecule has 7 nitrogen and oxygen atoms in total. The quantitative estimate of drug-likeness (QED) is 0.482. The van der Waals surface area contributed by atoms with Gasteiger partial charge in [0, 0.05) is 18.2 Å². The van der Waals surface area contributed by atoms with Crippen LogP contribution >= 0.6 is 11.8 Å². The van der Waals surface area contributed by atoms with Crippen LogP contribution in [0.3, 0.4) is 0 Å². The number of fused-ring (bicyclic) bond motifs is 3. The van der Waals surface area contributed by atoms with Crippen molar-refractivity contribution in [3.8, 4) is 22.9 Å². The van der Waals surface area contributed by atoms with Gasteiger partial charge in [0.25, 0.3) is 0 Å². The van der Waals surface area contributed by atoms with E-state index >= 15 is 0 Å². The summed E-state index contributed by atoms with van der Waals surface area (Å²) in [5.74, 6) is 2.20. The minimum atomic E-state index is -0.766. The van der Waals surface area contributed by atoms with Crippen LogP contribution in [-0.4, -0.2) is 33.4 Å². The minimum Gasteiger partial charge on any atom is -0.493 e. The third-order valence-corrected chi connectivity index (χ3v) is 6.15. The molecule has 32 heavy (non-hydrogen) atoms. The predicted molar refractivity (Wildman–Crippen MR) is 125 cm³/mol. The zero-order valence-electron chi connectivity index (χ0n) is 18.6. The lowest BCUT2D eigenvalue weighted by atomic mass is 10.1. The van der Waals surface area contributed by atoms with Gasteiger partial charge < -0.3 is 9.47 Å². The maximum absolute atomic E-state index is 12.9. The van der Waals surface area contributed by atoms with Crippen LogP contribution in [0.1, 0.15) is 39.5 Å². The van der Waals surface area contributed by atoms with Crippen LogP contribution < -0.4 is 14.4 Å². The van der Waals surface area contributed by atoms with Crippen molar-refractivity contribution in [2.75, 3.05) is 17.3 Å². The topological polar surface area (TPSA) is 77.4 Å². The van der Waals surface area contributed by atoms with Gasteiger partial charge in [0.15, 0.2) is 5.69 Å². The van der Waals surface area contributed by atoms with Crippen LogP contribution in [0.2, 0.25) is 0 Å². The molecule has 4 rings (SSSR count). The van der Waals surface area contributed by atoms with E-state index in [2.05, 4.69) is 29.0 Å². The van der Waals surface area contributed by atoms with Gasteiger partial charge in [-0.05, 0) is 31.0 Å². The molecule has 8 heteroatoms. The van der Waals surface area contributed by atoms with Gasteiger partial charge in [-0.2, -0.15) is 4.98 Å². The minimum absolute atomic E-state index is 0.163. The second-order valence-electron chi connectivity index (χ2n) is 7.80. The second-order valence-corrected chi connectivity index (χ2v) is 8.79. The third kappa shape index (κ3) is 4.41. The van der Waals surface area contributed by atoms with Crippen molar-refractivity contribution < 1.29 is 14.3 Å². The number of benzene rings is 2. The van der Waals surface area contributed by atoms with Crippen LogP contribution in [0.15, 0.2) is 53.7 Å². The second kappa shape index (κ2) is 9.56. The van der Waals surface area contributed by atoms with E-state index in [1.54, 1.807) is 4.90 Å². The Morgan fingerprint density at radius 2 is 1.91 bits per heavy atom. The normalized spacial score (nSPS) is 14.9. The number of hydrogen-bond donors (Lipinski definition) is 0. The van der Waals surface area contributed by atoms with Crippen molar-refractivity contribution in [3.63, 3.8) is 0 Å². The molecular formula is C24H26N4O3S. The first kappa shape index (κ1) is 22.1. The van der Waals surface area contributed by atoms with Gasteiger partial charge in [0.2, 0.25) is 23.2 Å². The Hall–Kier alpha value is -3.13. The molecule has 0 bridgehead atoms. The molecule has 0 saturated heterocycles. The van der Waals surface area contributed by atoms with Crippen molar-refractivity contribution in [1.29, 1.82) is 0 Å². The molecule has 1 amide bonds. The average molecular weight is 451 g/mol. The zero-order valence-corrected chi connectivity index (χ0v) is 19.4. The number of thioether (sulfide) groups is 1. The Balaban J connectivity index is 1.89. The van der Waals surface area contributed by atoms with E-state index < -0.39 is 6.23 Å². The molecule has 1 aliphatic heterocycles. The summed E-state index contributed by atoms with van der Waals surface area (Å²) < 4.78 is 12.3. The van der Waals surface area contributed by atoms with Gasteiger partial charge in [-0.1, -0.05) is 55.9 Å². The molecule has 166 valence electrons. The summed E-state index contributed by atoms with van der Waals surface area (Å²) in [7, 11) is 0. The van der Waals surface area contributed by atoms with Gasteiger partial charge in [-0.15, -0.1) is 10.2 Å². The van der Waals surface area contributed by atoms with E-state index in [4.69, 9.17) is 9.47 Å². The lowest BCUT2D eigenvalue weighted by Gasteiger charge is -2.30. The molecule has 2 heterocycles. The molecule has 2 aromatic carbocycles. The lowest BCUT2D eigenvalue weighted by molar-refractivity contribution is -0.118. The van der Waals surface area contributed by atoms with Crippen molar-refractivity contribution in [1.82, 2.24) is 15.2 Å². The highest BCUT2D eigenvalue weighted by Crippen LogP contribution is 2.44. The fourth-order valence-electron chi connectivity index (χ4n) is 3.53. The molecule has 0 N–H and O–H groups in total. The number of rotatable bonds is 6. The van der Waals surface area contributed by atoms with Crippen molar-refractivity contribution in [3.05, 3.63) is 54.1 Å². The van der Waals surface area contributed by atoms with Crippen LogP contribution in [0, 0.1) is 5.92 Å². The molecule has 0 fully saturated rings. The Morgan fingerprint density at radius 3 is 2.66 bits per heavy atom. The van der Waals surface area contributed by atoms with Gasteiger partial charge in [0.05, 0.1) is 17.9 Å². The highest BCUT2D eigenvalue weighted by atomic mass is 32.2. The molecule has 0 saturated carbocycles. The van der Waals surface area contributed by atoms with E-state index in [9.17, 15) is 4.79 Å². The summed E-state index contributed by atoms with van der Waals surface area (Å²) in [6, 6.07) is 15.2. The van der Waals surface area contributed by atoms with Crippen molar-refractivity contribution in [2.45, 2.75) is 39.1 Å². The number of carbonyl (C=O) groups excluding carboxylic acids is 1. The molecule has 0 radical (unpaired) electrons. The summed E-state index contributed by atoms with van der Waals surface area (Å²) in [5, 5.41) is 9.31. The number of para-hydroxylation sites is 2. The molecule has 0 aliphatic carbocycles. The van der Waals surface area contributed by atoms with E-state index in [0.29, 0.717) is 40.7 Å². The molecule has 0 unspecified atom stereocenters. The molecule has 3 aromatic rings. The van der Waals surface area contributed by atoms with Crippen LogP contribution in [0.5, 0.6) is 11.6 Å². The summed E-state index contributed by atoms with van der Waals surface area (Å²) in [5.41, 5.74) is 2.68. The van der Waals surface area contributed by atoms with Gasteiger partial charge in [-0.3, -0.25) is 9.69 Å². The van der Waals surface area contributed by atoms with Crippen molar-refractivity contribution >= 4 is 23.4 Å². The predicted octanol–water partition coefficient (Wildman–Crippen LogP) is 5.13. The lowest BCUT2D eigenvalue weighted by Crippen LogP contribution is -2.36. The summed E-state index contributed by atoms with van der Waals surface area (Å²) in [6.45, 7) is 8.23. The maximum Gasteiger partial charge on any atom is 0.247 e. The number of carbonyl (C=O) groups is 1. The summed E-state index contributed by atoms with van der Waals surface area (Å²) >= 11 is 1.53. The van der Waals surface area contributed by atoms with Gasteiger partial charge in [-0.25, -0.2) is 0 Å². The fraction of sp³-hybridized carbons (Fsp3) is 0.333. The first-order chi connectivity index (χ1) is 15.5. The largest absolute Gasteiger partial charge is 0.493 e. The average Bonchev–Trinajstić information content (AvgIpc) is 2.92. The maximum atomic E-state index is 12.9. The fourth-order valence-corrected chi connectivity index (χ4v) is 4.26. The Kier molecular flexibility index (Phi) is 6.60. The zero-order chi connectivity index (χ0) is 22.7. The van der Waals surface area contributed by atoms with Crippen LogP contribution in [-0.2, 0) is 4.79 Å². The molecule has 1 aliphatic rings. The Bertz CT molecular complexity index is 1120. The SMILES string of the molecule is CCOc1ccccc1[C@H]1Oc2nc(SCC(C)C)nnc2-c2ccccc2N1C(C)=O. The summed E-state index contributed by atoms with van der Waals surface area (Å²) in [6.07, 6.45) is -0.766. The smallest absolute Gasteiger partial charge is 0.247 e. The molecule has 0 spiro atoms. The van der Waals surface area contributed by atoms with E-state index in [1.807, 2.05) is 55.5 Å². The molecule has 1 aromatic heterocycles. The van der Waals surface area contributed by atoms with Crippen LogP contribution in [0.25, 0.3) is 11.3 Å². The first-order valence-corrected chi connectivity index (χ1v) is 11.6. The molecular weight excluding hydrogens is 424 g/mol. The number of ether oxygens (including phenoxy) is 2. The highest BCUT2D eigenvalue weighted by Gasteiger charge is 2.36.